The molecule has 38 heavy (non-hydrogen) atoms. The molecule has 0 aliphatic heterocycles. The van der Waals surface area contributed by atoms with Gasteiger partial charge in [-0.1, -0.05) is 35.9 Å². The molecule has 3 N–H and O–H groups in total. The molecule has 198 valence electrons. The molecule has 4 aromatic rings. The van der Waals surface area contributed by atoms with E-state index in [0.29, 0.717) is 29.1 Å². The van der Waals surface area contributed by atoms with Gasteiger partial charge in [0.1, 0.15) is 10.6 Å². The molecule has 5 rings (SSSR count). The number of fused-ring (bicyclic) bond motifs is 1. The predicted molar refractivity (Wildman–Crippen MR) is 155 cm³/mol. The molecule has 1 amide bonds. The second kappa shape index (κ2) is 11.7. The van der Waals surface area contributed by atoms with Gasteiger partial charge in [0.25, 0.3) is 5.91 Å². The number of ether oxygens (including phenoxy) is 1. The van der Waals surface area contributed by atoms with E-state index in [9.17, 15) is 4.79 Å². The third-order valence-electron chi connectivity index (χ3n) is 7.24. The number of nitrogens with zero attached hydrogens (tertiary/aromatic N) is 3. The zero-order valence-electron chi connectivity index (χ0n) is 21.6. The van der Waals surface area contributed by atoms with Gasteiger partial charge in [-0.3, -0.25) is 4.79 Å². The van der Waals surface area contributed by atoms with Gasteiger partial charge in [-0.2, -0.15) is 0 Å². The van der Waals surface area contributed by atoms with Crippen LogP contribution in [0.3, 0.4) is 0 Å². The van der Waals surface area contributed by atoms with Gasteiger partial charge in [-0.05, 0) is 63.4 Å². The number of benzene rings is 2. The van der Waals surface area contributed by atoms with Gasteiger partial charge >= 0.3 is 0 Å². The quantitative estimate of drug-likeness (QED) is 0.273. The highest BCUT2D eigenvalue weighted by molar-refractivity contribution is 7.21. The highest BCUT2D eigenvalue weighted by atomic mass is 35.5. The predicted octanol–water partition coefficient (Wildman–Crippen LogP) is 6.17. The van der Waals surface area contributed by atoms with Crippen LogP contribution in [-0.4, -0.2) is 46.5 Å². The maximum atomic E-state index is 14.2. The third-order valence-corrected chi connectivity index (χ3v) is 8.91. The number of rotatable bonds is 8. The number of amides is 1. The average molecular weight is 550 g/mol. The van der Waals surface area contributed by atoms with E-state index in [2.05, 4.69) is 21.4 Å². The highest BCUT2D eigenvalue weighted by Crippen LogP contribution is 2.38. The largest absolute Gasteiger partial charge is 0.494 e. The Hall–Kier alpha value is -3.20. The van der Waals surface area contributed by atoms with Crippen molar-refractivity contribution in [2.75, 3.05) is 19.4 Å². The minimum atomic E-state index is -0.0345. The van der Waals surface area contributed by atoms with Crippen LogP contribution in [0.15, 0.2) is 54.9 Å². The molecule has 1 saturated carbocycles. The summed E-state index contributed by atoms with van der Waals surface area (Å²) >= 11 is 8.25. The number of anilines is 1. The first kappa shape index (κ1) is 26.4. The van der Waals surface area contributed by atoms with Crippen LogP contribution in [-0.2, 0) is 6.54 Å². The Bertz CT molecular complexity index is 1420. The normalized spacial score (nSPS) is 17.4. The van der Waals surface area contributed by atoms with Gasteiger partial charge in [0.05, 0.1) is 11.6 Å². The lowest BCUT2D eigenvalue weighted by molar-refractivity contribution is 0.0604. The van der Waals surface area contributed by atoms with Gasteiger partial charge in [-0.25, -0.2) is 9.97 Å². The minimum absolute atomic E-state index is 0.0345. The summed E-state index contributed by atoms with van der Waals surface area (Å²) < 4.78 is 7.02. The summed E-state index contributed by atoms with van der Waals surface area (Å²) in [7, 11) is 2.01. The van der Waals surface area contributed by atoms with E-state index in [0.717, 1.165) is 58.2 Å². The van der Waals surface area contributed by atoms with Gasteiger partial charge < -0.3 is 20.7 Å². The molecule has 2 heterocycles. The molecule has 0 saturated heterocycles. The molecule has 1 fully saturated rings. The fraction of sp³-hybridized carbons (Fsp3) is 0.345. The number of carbonyl (C=O) groups is 1. The number of hydrogen-bond donors (Lipinski definition) is 2. The van der Waals surface area contributed by atoms with Crippen molar-refractivity contribution in [1.82, 2.24) is 20.2 Å². The van der Waals surface area contributed by atoms with E-state index in [4.69, 9.17) is 22.1 Å². The fourth-order valence-corrected chi connectivity index (χ4v) is 6.64. The maximum absolute atomic E-state index is 14.2. The van der Waals surface area contributed by atoms with E-state index in [-0.39, 0.29) is 17.9 Å². The highest BCUT2D eigenvalue weighted by Gasteiger charge is 2.32. The van der Waals surface area contributed by atoms with Crippen LogP contribution in [0, 0.1) is 0 Å². The maximum Gasteiger partial charge on any atom is 0.266 e. The molecule has 0 atom stereocenters. The SMILES string of the molecule is CCOc1ccc(-c2cnc(N)nc2)cc1CN(C(=O)c1sc2ccccc2c1Cl)C1CCC(NC)CC1. The molecular weight excluding hydrogens is 518 g/mol. The Morgan fingerprint density at radius 2 is 1.87 bits per heavy atom. The molecule has 1 aliphatic carbocycles. The number of nitrogens with one attached hydrogen (secondary N) is 1. The Kier molecular flexibility index (Phi) is 8.12. The first-order chi connectivity index (χ1) is 18.5. The van der Waals surface area contributed by atoms with Crippen molar-refractivity contribution in [3.63, 3.8) is 0 Å². The first-order valence-corrected chi connectivity index (χ1v) is 14.2. The summed E-state index contributed by atoms with van der Waals surface area (Å²) in [6.45, 7) is 2.91. The number of halogens is 1. The Balaban J connectivity index is 1.53. The standard InChI is InChI=1S/C29H32ClN5O2S/c1-3-37-24-13-8-18(20-15-33-29(31)34-16-20)14-19(24)17-35(22-11-9-21(32-2)10-12-22)28(36)27-26(30)23-6-4-5-7-25(23)38-27/h4-8,13-16,21-22,32H,3,9-12,17H2,1-2H3,(H2,31,33,34). The van der Waals surface area contributed by atoms with Crippen molar-refractivity contribution in [3.05, 3.63) is 70.3 Å². The lowest BCUT2D eigenvalue weighted by Crippen LogP contribution is -2.44. The summed E-state index contributed by atoms with van der Waals surface area (Å²) in [6.07, 6.45) is 7.31. The lowest BCUT2D eigenvalue weighted by atomic mass is 9.89. The molecule has 2 aromatic carbocycles. The van der Waals surface area contributed by atoms with Crippen molar-refractivity contribution < 1.29 is 9.53 Å². The molecule has 0 spiro atoms. The molecule has 2 aromatic heterocycles. The summed E-state index contributed by atoms with van der Waals surface area (Å²) in [4.78, 5) is 25.1. The van der Waals surface area contributed by atoms with E-state index in [1.54, 1.807) is 12.4 Å². The van der Waals surface area contributed by atoms with Crippen molar-refractivity contribution >= 4 is 44.9 Å². The zero-order chi connectivity index (χ0) is 26.6. The number of nitrogen functional groups attached to an aromatic ring is 1. The molecule has 0 unspecified atom stereocenters. The molecule has 1 aliphatic rings. The van der Waals surface area contributed by atoms with Crippen LogP contribution >= 0.6 is 22.9 Å². The zero-order valence-corrected chi connectivity index (χ0v) is 23.2. The first-order valence-electron chi connectivity index (χ1n) is 13.0. The number of aromatic nitrogens is 2. The van der Waals surface area contributed by atoms with E-state index >= 15 is 0 Å². The second-order valence-electron chi connectivity index (χ2n) is 9.55. The van der Waals surface area contributed by atoms with Gasteiger partial charge in [-0.15, -0.1) is 11.3 Å². The summed E-state index contributed by atoms with van der Waals surface area (Å²) in [6, 6.07) is 14.5. The summed E-state index contributed by atoms with van der Waals surface area (Å²) in [5.41, 5.74) is 8.42. The molecule has 9 heteroatoms. The van der Waals surface area contributed by atoms with E-state index < -0.39 is 0 Å². The topological polar surface area (TPSA) is 93.4 Å². The van der Waals surface area contributed by atoms with Crippen LogP contribution in [0.1, 0.15) is 47.8 Å². The van der Waals surface area contributed by atoms with E-state index in [1.807, 2.05) is 55.3 Å². The number of nitrogens with two attached hydrogens (primary N) is 1. The van der Waals surface area contributed by atoms with Crippen LogP contribution in [0.2, 0.25) is 5.02 Å². The number of thiophene rings is 1. The monoisotopic (exact) mass is 549 g/mol. The molecular formula is C29H32ClN5O2S. The smallest absolute Gasteiger partial charge is 0.266 e. The Morgan fingerprint density at radius 3 is 2.55 bits per heavy atom. The Labute approximate surface area is 232 Å². The van der Waals surface area contributed by atoms with E-state index in [1.165, 1.54) is 11.3 Å². The van der Waals surface area contributed by atoms with Crippen LogP contribution < -0.4 is 15.8 Å². The van der Waals surface area contributed by atoms with Gasteiger partial charge in [0.15, 0.2) is 0 Å². The Morgan fingerprint density at radius 1 is 1.13 bits per heavy atom. The van der Waals surface area contributed by atoms with Crippen LogP contribution in [0.4, 0.5) is 5.95 Å². The molecule has 0 radical (unpaired) electrons. The van der Waals surface area contributed by atoms with Gasteiger partial charge in [0, 0.05) is 52.2 Å². The second-order valence-corrected chi connectivity index (χ2v) is 11.0. The fourth-order valence-electron chi connectivity index (χ4n) is 5.17. The van der Waals surface area contributed by atoms with Gasteiger partial charge in [0.2, 0.25) is 5.95 Å². The third kappa shape index (κ3) is 5.48. The minimum Gasteiger partial charge on any atom is -0.494 e. The van der Waals surface area contributed by atoms with Crippen LogP contribution in [0.25, 0.3) is 21.2 Å². The van der Waals surface area contributed by atoms with Crippen molar-refractivity contribution in [1.29, 1.82) is 0 Å². The van der Waals surface area contributed by atoms with Crippen molar-refractivity contribution in [2.45, 2.75) is 51.2 Å². The van der Waals surface area contributed by atoms with Crippen molar-refractivity contribution in [3.8, 4) is 16.9 Å². The summed E-state index contributed by atoms with van der Waals surface area (Å²) in [5.74, 6) is 0.957. The number of hydrogen-bond acceptors (Lipinski definition) is 7. The number of carbonyl (C=O) groups excluding carboxylic acids is 1. The molecule has 0 bridgehead atoms. The summed E-state index contributed by atoms with van der Waals surface area (Å²) in [5, 5.41) is 4.84. The average Bonchev–Trinajstić information content (AvgIpc) is 3.29. The molecule has 7 nitrogen and oxygen atoms in total. The van der Waals surface area contributed by atoms with Crippen molar-refractivity contribution in [2.24, 2.45) is 0 Å². The van der Waals surface area contributed by atoms with Crippen LogP contribution in [0.5, 0.6) is 5.75 Å². The lowest BCUT2D eigenvalue weighted by Gasteiger charge is -2.37.